The molecule has 82 valence electrons. The van der Waals surface area contributed by atoms with Crippen LogP contribution in [0.25, 0.3) is 0 Å². The maximum Gasteiger partial charge on any atom is 0.234 e. The molecule has 0 bridgehead atoms. The van der Waals surface area contributed by atoms with Crippen molar-refractivity contribution in [3.63, 3.8) is 0 Å². The van der Waals surface area contributed by atoms with Gasteiger partial charge < -0.3 is 16.2 Å². The second-order valence-corrected chi connectivity index (χ2v) is 4.17. The average Bonchev–Trinajstić information content (AvgIpc) is 2.20. The lowest BCUT2D eigenvalue weighted by Crippen LogP contribution is -2.29. The van der Waals surface area contributed by atoms with Gasteiger partial charge in [-0.1, -0.05) is 11.6 Å². The van der Waals surface area contributed by atoms with Crippen LogP contribution in [0.4, 0.5) is 0 Å². The highest BCUT2D eigenvalue weighted by molar-refractivity contribution is 9.10. The van der Waals surface area contributed by atoms with Crippen LogP contribution in [0.3, 0.4) is 0 Å². The van der Waals surface area contributed by atoms with E-state index in [1.165, 1.54) is 0 Å². The zero-order chi connectivity index (χ0) is 11.4. The van der Waals surface area contributed by atoms with Crippen LogP contribution in [0.15, 0.2) is 16.6 Å². The van der Waals surface area contributed by atoms with Crippen LogP contribution in [0.5, 0.6) is 5.75 Å². The molecule has 6 heteroatoms. The number of aromatic hydroxyl groups is 1. The molecule has 4 nitrogen and oxygen atoms in total. The lowest BCUT2D eigenvalue weighted by atomic mass is 10.2. The molecule has 0 spiro atoms. The van der Waals surface area contributed by atoms with Crippen molar-refractivity contribution >= 4 is 33.4 Å². The number of phenols is 1. The monoisotopic (exact) mass is 292 g/mol. The van der Waals surface area contributed by atoms with Gasteiger partial charge in [-0.2, -0.15) is 0 Å². The molecule has 1 aromatic carbocycles. The van der Waals surface area contributed by atoms with E-state index >= 15 is 0 Å². The highest BCUT2D eigenvalue weighted by atomic mass is 79.9. The number of halogens is 2. The number of nitrogens with two attached hydrogens (primary N) is 1. The fourth-order valence-electron chi connectivity index (χ4n) is 1.02. The molecule has 0 aliphatic carbocycles. The molecule has 0 aliphatic rings. The fraction of sp³-hybridized carbons (Fsp3) is 0.222. The number of carbonyl (C=O) groups is 1. The van der Waals surface area contributed by atoms with Crippen molar-refractivity contribution in [3.8, 4) is 5.75 Å². The predicted molar refractivity (Wildman–Crippen MR) is 61.7 cm³/mol. The molecule has 1 amide bonds. The van der Waals surface area contributed by atoms with Crippen LogP contribution in [-0.2, 0) is 11.3 Å². The van der Waals surface area contributed by atoms with Crippen molar-refractivity contribution < 1.29 is 9.90 Å². The van der Waals surface area contributed by atoms with Crippen molar-refractivity contribution in [2.24, 2.45) is 5.73 Å². The van der Waals surface area contributed by atoms with E-state index in [0.717, 1.165) is 0 Å². The maximum atomic E-state index is 10.9. The van der Waals surface area contributed by atoms with Gasteiger partial charge in [0.15, 0.2) is 0 Å². The first kappa shape index (κ1) is 12.3. The molecule has 15 heavy (non-hydrogen) atoms. The largest absolute Gasteiger partial charge is 0.506 e. The molecule has 0 heterocycles. The molecule has 4 N–H and O–H groups in total. The Kier molecular flexibility index (Phi) is 4.38. The van der Waals surface area contributed by atoms with Gasteiger partial charge in [-0.3, -0.25) is 4.79 Å². The zero-order valence-corrected chi connectivity index (χ0v) is 10.1. The van der Waals surface area contributed by atoms with E-state index < -0.39 is 0 Å². The van der Waals surface area contributed by atoms with Gasteiger partial charge in [0.2, 0.25) is 5.91 Å². The minimum atomic E-state index is -0.287. The molecular weight excluding hydrogens is 283 g/mol. The number of hydrogen-bond acceptors (Lipinski definition) is 3. The first-order valence-corrected chi connectivity index (χ1v) is 5.35. The van der Waals surface area contributed by atoms with Crippen molar-refractivity contribution in [1.29, 1.82) is 0 Å². The molecule has 1 rings (SSSR count). The fourth-order valence-corrected chi connectivity index (χ4v) is 1.89. The second-order valence-electron chi connectivity index (χ2n) is 2.88. The van der Waals surface area contributed by atoms with Gasteiger partial charge in [-0.15, -0.1) is 0 Å². The summed E-state index contributed by atoms with van der Waals surface area (Å²) >= 11 is 8.94. The average molecular weight is 294 g/mol. The first-order valence-electron chi connectivity index (χ1n) is 4.18. The van der Waals surface area contributed by atoms with Gasteiger partial charge in [0, 0.05) is 17.1 Å². The summed E-state index contributed by atoms with van der Waals surface area (Å²) in [7, 11) is 0. The molecular formula is C9H10BrClN2O2. The lowest BCUT2D eigenvalue weighted by molar-refractivity contribution is -0.119. The SMILES string of the molecule is NCC(=O)NCc1cc(Cl)cc(Br)c1O. The number of amides is 1. The normalized spacial score (nSPS) is 10.1. The van der Waals surface area contributed by atoms with Gasteiger partial charge in [-0.05, 0) is 28.1 Å². The van der Waals surface area contributed by atoms with Crippen molar-refractivity contribution in [1.82, 2.24) is 5.32 Å². The molecule has 0 saturated carbocycles. The number of phenolic OH excluding ortho intramolecular Hbond substituents is 1. The Morgan fingerprint density at radius 2 is 2.27 bits per heavy atom. The van der Waals surface area contributed by atoms with Crippen LogP contribution < -0.4 is 11.1 Å². The zero-order valence-electron chi connectivity index (χ0n) is 7.76. The van der Waals surface area contributed by atoms with Crippen LogP contribution in [0.1, 0.15) is 5.56 Å². The Morgan fingerprint density at radius 1 is 1.60 bits per heavy atom. The maximum absolute atomic E-state index is 10.9. The minimum Gasteiger partial charge on any atom is -0.506 e. The number of nitrogens with one attached hydrogen (secondary N) is 1. The molecule has 0 atom stereocenters. The third-order valence-electron chi connectivity index (χ3n) is 1.77. The molecule has 0 aliphatic heterocycles. The van der Waals surface area contributed by atoms with E-state index in [1.807, 2.05) is 0 Å². The van der Waals surface area contributed by atoms with Gasteiger partial charge >= 0.3 is 0 Å². The number of benzene rings is 1. The lowest BCUT2D eigenvalue weighted by Gasteiger charge is -2.08. The summed E-state index contributed by atoms with van der Waals surface area (Å²) in [6.45, 7) is 0.115. The Morgan fingerprint density at radius 3 is 2.87 bits per heavy atom. The summed E-state index contributed by atoms with van der Waals surface area (Å²) in [6, 6.07) is 3.16. The number of hydrogen-bond donors (Lipinski definition) is 3. The summed E-state index contributed by atoms with van der Waals surface area (Å²) in [4.78, 5) is 10.9. The van der Waals surface area contributed by atoms with E-state index in [0.29, 0.717) is 15.1 Å². The van der Waals surface area contributed by atoms with E-state index in [9.17, 15) is 9.90 Å². The van der Waals surface area contributed by atoms with Crippen molar-refractivity contribution in [3.05, 3.63) is 27.2 Å². The highest BCUT2D eigenvalue weighted by Gasteiger charge is 2.08. The first-order chi connectivity index (χ1) is 7.04. The van der Waals surface area contributed by atoms with Crippen molar-refractivity contribution in [2.45, 2.75) is 6.54 Å². The van der Waals surface area contributed by atoms with Crippen molar-refractivity contribution in [2.75, 3.05) is 6.54 Å². The minimum absolute atomic E-state index is 0.0664. The van der Waals surface area contributed by atoms with Crippen LogP contribution in [0.2, 0.25) is 5.02 Å². The molecule has 0 saturated heterocycles. The Bertz CT molecular complexity index is 385. The molecule has 0 radical (unpaired) electrons. The third kappa shape index (κ3) is 3.37. The molecule has 0 fully saturated rings. The Balaban J connectivity index is 2.81. The predicted octanol–water partition coefficient (Wildman–Crippen LogP) is 1.38. The number of rotatable bonds is 3. The summed E-state index contributed by atoms with van der Waals surface area (Å²) < 4.78 is 0.493. The molecule has 1 aromatic rings. The standard InChI is InChI=1S/C9H10BrClN2O2/c10-7-2-6(11)1-5(9(7)15)4-13-8(14)3-12/h1-2,15H,3-4,12H2,(H,13,14). The smallest absolute Gasteiger partial charge is 0.234 e. The van der Waals surface area contributed by atoms with Gasteiger partial charge in [0.1, 0.15) is 5.75 Å². The molecule has 0 unspecified atom stereocenters. The summed E-state index contributed by atoms with van der Waals surface area (Å²) in [6.07, 6.45) is 0. The van der Waals surface area contributed by atoms with E-state index in [-0.39, 0.29) is 24.7 Å². The third-order valence-corrected chi connectivity index (χ3v) is 2.59. The van der Waals surface area contributed by atoms with Gasteiger partial charge in [-0.25, -0.2) is 0 Å². The summed E-state index contributed by atoms with van der Waals surface area (Å²) in [5, 5.41) is 12.6. The Labute approximate surface area is 101 Å². The molecule has 0 aromatic heterocycles. The highest BCUT2D eigenvalue weighted by Crippen LogP contribution is 2.31. The van der Waals surface area contributed by atoms with Crippen LogP contribution in [0, 0.1) is 0 Å². The van der Waals surface area contributed by atoms with Crippen LogP contribution >= 0.6 is 27.5 Å². The summed E-state index contributed by atoms with van der Waals surface area (Å²) in [5.41, 5.74) is 5.66. The number of carbonyl (C=O) groups excluding carboxylic acids is 1. The van der Waals surface area contributed by atoms with Gasteiger partial charge in [0.05, 0.1) is 11.0 Å². The topological polar surface area (TPSA) is 75.4 Å². The van der Waals surface area contributed by atoms with E-state index in [4.69, 9.17) is 17.3 Å². The Hall–Kier alpha value is -0.780. The van der Waals surface area contributed by atoms with E-state index in [2.05, 4.69) is 21.2 Å². The summed E-state index contributed by atoms with van der Waals surface area (Å²) in [5.74, 6) is -0.220. The second kappa shape index (κ2) is 5.34. The van der Waals surface area contributed by atoms with Gasteiger partial charge in [0.25, 0.3) is 0 Å². The quantitative estimate of drug-likeness (QED) is 0.788. The van der Waals surface area contributed by atoms with E-state index in [1.54, 1.807) is 12.1 Å². The van der Waals surface area contributed by atoms with Crippen LogP contribution in [-0.4, -0.2) is 17.6 Å².